The van der Waals surface area contributed by atoms with E-state index in [2.05, 4.69) is 10.6 Å². The fourth-order valence-electron chi connectivity index (χ4n) is 3.36. The molecule has 0 saturated heterocycles. The van der Waals surface area contributed by atoms with E-state index in [4.69, 9.17) is 0 Å². The summed E-state index contributed by atoms with van der Waals surface area (Å²) in [4.78, 5) is 11.5. The highest BCUT2D eigenvalue weighted by Gasteiger charge is 2.34. The lowest BCUT2D eigenvalue weighted by molar-refractivity contribution is -0.122. The van der Waals surface area contributed by atoms with Crippen LogP contribution in [0.1, 0.15) is 51.4 Å². The Morgan fingerprint density at radius 2 is 1.78 bits per heavy atom. The number of hydrogen-bond donors (Lipinski definition) is 2. The van der Waals surface area contributed by atoms with Gasteiger partial charge in [-0.3, -0.25) is 4.79 Å². The zero-order valence-corrected chi connectivity index (χ0v) is 11.3. The van der Waals surface area contributed by atoms with Gasteiger partial charge in [0.15, 0.2) is 0 Å². The third-order valence-electron chi connectivity index (χ3n) is 4.81. The standard InChI is InChI=1S/C15H26N2O/c18-15(12-6-7-12)17-9-8-16-14-3-1-2-13(10-14)11-4-5-11/h11-14,16H,1-10H2,(H,17,18). The number of nitrogens with one attached hydrogen (secondary N) is 2. The van der Waals surface area contributed by atoms with Crippen LogP contribution in [0.4, 0.5) is 0 Å². The first kappa shape index (κ1) is 12.5. The van der Waals surface area contributed by atoms with E-state index in [1.54, 1.807) is 0 Å². The lowest BCUT2D eigenvalue weighted by Crippen LogP contribution is -2.40. The third kappa shape index (κ3) is 3.47. The van der Waals surface area contributed by atoms with Gasteiger partial charge < -0.3 is 10.6 Å². The van der Waals surface area contributed by atoms with Crippen LogP contribution in [-0.4, -0.2) is 25.0 Å². The summed E-state index contributed by atoms with van der Waals surface area (Å²) in [5.74, 6) is 2.68. The minimum Gasteiger partial charge on any atom is -0.355 e. The zero-order valence-electron chi connectivity index (χ0n) is 11.3. The summed E-state index contributed by atoms with van der Waals surface area (Å²) in [5.41, 5.74) is 0. The van der Waals surface area contributed by atoms with Crippen LogP contribution in [0.3, 0.4) is 0 Å². The quantitative estimate of drug-likeness (QED) is 0.709. The molecule has 0 heterocycles. The van der Waals surface area contributed by atoms with Gasteiger partial charge in [-0.2, -0.15) is 0 Å². The van der Waals surface area contributed by atoms with Crippen molar-refractivity contribution in [1.29, 1.82) is 0 Å². The maximum absolute atomic E-state index is 11.5. The molecule has 0 aromatic heterocycles. The fourth-order valence-corrected chi connectivity index (χ4v) is 3.36. The maximum atomic E-state index is 11.5. The number of rotatable bonds is 6. The van der Waals surface area contributed by atoms with Crippen molar-refractivity contribution >= 4 is 5.91 Å². The van der Waals surface area contributed by atoms with Crippen molar-refractivity contribution < 1.29 is 4.79 Å². The molecule has 2 atom stereocenters. The van der Waals surface area contributed by atoms with E-state index in [-0.39, 0.29) is 5.91 Å². The molecule has 2 N–H and O–H groups in total. The first-order valence-electron chi connectivity index (χ1n) is 7.84. The summed E-state index contributed by atoms with van der Waals surface area (Å²) >= 11 is 0. The number of amides is 1. The predicted octanol–water partition coefficient (Wildman–Crippen LogP) is 2.07. The van der Waals surface area contributed by atoms with E-state index >= 15 is 0 Å². The minimum absolute atomic E-state index is 0.274. The van der Waals surface area contributed by atoms with Crippen molar-refractivity contribution in [2.24, 2.45) is 17.8 Å². The topological polar surface area (TPSA) is 41.1 Å². The largest absolute Gasteiger partial charge is 0.355 e. The molecule has 3 fully saturated rings. The third-order valence-corrected chi connectivity index (χ3v) is 4.81. The highest BCUT2D eigenvalue weighted by atomic mass is 16.2. The molecule has 102 valence electrons. The summed E-state index contributed by atoms with van der Waals surface area (Å²) in [6.45, 7) is 1.75. The minimum atomic E-state index is 0.274. The van der Waals surface area contributed by atoms with Crippen LogP contribution in [0, 0.1) is 17.8 Å². The summed E-state index contributed by atoms with van der Waals surface area (Å²) in [6, 6.07) is 0.710. The number of carbonyl (C=O) groups is 1. The van der Waals surface area contributed by atoms with Crippen molar-refractivity contribution in [3.05, 3.63) is 0 Å². The summed E-state index contributed by atoms with van der Waals surface area (Å²) < 4.78 is 0. The van der Waals surface area contributed by atoms with E-state index in [0.29, 0.717) is 12.0 Å². The van der Waals surface area contributed by atoms with Gasteiger partial charge in [0.25, 0.3) is 0 Å². The SMILES string of the molecule is O=C(NCCNC1CCCC(C2CC2)C1)C1CC1. The Morgan fingerprint density at radius 1 is 0.944 bits per heavy atom. The van der Waals surface area contributed by atoms with Gasteiger partial charge in [-0.15, -0.1) is 0 Å². The van der Waals surface area contributed by atoms with E-state index in [1.165, 1.54) is 38.5 Å². The summed E-state index contributed by atoms with van der Waals surface area (Å²) in [7, 11) is 0. The van der Waals surface area contributed by atoms with Gasteiger partial charge in [0.2, 0.25) is 5.91 Å². The van der Waals surface area contributed by atoms with Gasteiger partial charge in [0.05, 0.1) is 0 Å². The van der Waals surface area contributed by atoms with Gasteiger partial charge in [-0.1, -0.05) is 12.8 Å². The zero-order chi connectivity index (χ0) is 12.4. The Hall–Kier alpha value is -0.570. The fraction of sp³-hybridized carbons (Fsp3) is 0.933. The molecule has 18 heavy (non-hydrogen) atoms. The van der Waals surface area contributed by atoms with Crippen LogP contribution in [0.25, 0.3) is 0 Å². The van der Waals surface area contributed by atoms with Crippen LogP contribution >= 0.6 is 0 Å². The molecule has 0 bridgehead atoms. The molecule has 3 saturated carbocycles. The molecule has 3 nitrogen and oxygen atoms in total. The molecule has 0 radical (unpaired) electrons. The Balaban J connectivity index is 1.28. The highest BCUT2D eigenvalue weighted by Crippen LogP contribution is 2.43. The second-order valence-electron chi connectivity index (χ2n) is 6.48. The lowest BCUT2D eigenvalue weighted by Gasteiger charge is -2.30. The van der Waals surface area contributed by atoms with Gasteiger partial charge in [-0.25, -0.2) is 0 Å². The predicted molar refractivity (Wildman–Crippen MR) is 72.2 cm³/mol. The van der Waals surface area contributed by atoms with E-state index in [9.17, 15) is 4.79 Å². The van der Waals surface area contributed by atoms with Crippen LogP contribution in [0.5, 0.6) is 0 Å². The monoisotopic (exact) mass is 250 g/mol. The van der Waals surface area contributed by atoms with E-state index in [0.717, 1.165) is 37.8 Å². The smallest absolute Gasteiger partial charge is 0.223 e. The van der Waals surface area contributed by atoms with Gasteiger partial charge in [-0.05, 0) is 50.4 Å². The molecule has 3 aliphatic rings. The lowest BCUT2D eigenvalue weighted by atomic mass is 9.83. The van der Waals surface area contributed by atoms with Crippen molar-refractivity contribution in [3.63, 3.8) is 0 Å². The van der Waals surface area contributed by atoms with Crippen molar-refractivity contribution in [2.75, 3.05) is 13.1 Å². The number of carbonyl (C=O) groups excluding carboxylic acids is 1. The second-order valence-corrected chi connectivity index (χ2v) is 6.48. The normalized spacial score (nSPS) is 32.2. The van der Waals surface area contributed by atoms with Crippen LogP contribution in [0.2, 0.25) is 0 Å². The van der Waals surface area contributed by atoms with E-state index < -0.39 is 0 Å². The average Bonchev–Trinajstić information content (AvgIpc) is 3.27. The molecular weight excluding hydrogens is 224 g/mol. The van der Waals surface area contributed by atoms with Gasteiger partial charge in [0.1, 0.15) is 0 Å². The molecule has 3 aliphatic carbocycles. The highest BCUT2D eigenvalue weighted by molar-refractivity contribution is 5.80. The molecular formula is C15H26N2O. The summed E-state index contributed by atoms with van der Waals surface area (Å²) in [6.07, 6.45) is 10.7. The van der Waals surface area contributed by atoms with Crippen LogP contribution < -0.4 is 10.6 Å². The van der Waals surface area contributed by atoms with Crippen LogP contribution in [-0.2, 0) is 4.79 Å². The molecule has 0 aromatic carbocycles. The Morgan fingerprint density at radius 3 is 2.50 bits per heavy atom. The summed E-state index contributed by atoms with van der Waals surface area (Å²) in [5, 5.41) is 6.66. The molecule has 2 unspecified atom stereocenters. The number of hydrogen-bond acceptors (Lipinski definition) is 2. The van der Waals surface area contributed by atoms with Crippen molar-refractivity contribution in [1.82, 2.24) is 10.6 Å². The van der Waals surface area contributed by atoms with Crippen molar-refractivity contribution in [3.8, 4) is 0 Å². The second kappa shape index (κ2) is 5.60. The van der Waals surface area contributed by atoms with Gasteiger partial charge in [0, 0.05) is 25.0 Å². The average molecular weight is 250 g/mol. The Bertz CT molecular complexity index is 297. The van der Waals surface area contributed by atoms with Crippen molar-refractivity contribution in [2.45, 2.75) is 57.4 Å². The van der Waals surface area contributed by atoms with E-state index in [1.807, 2.05) is 0 Å². The molecule has 0 aliphatic heterocycles. The Kier molecular flexibility index (Phi) is 3.88. The maximum Gasteiger partial charge on any atom is 0.223 e. The molecule has 0 spiro atoms. The Labute approximate surface area is 110 Å². The molecule has 1 amide bonds. The van der Waals surface area contributed by atoms with Crippen LogP contribution in [0.15, 0.2) is 0 Å². The first-order valence-corrected chi connectivity index (χ1v) is 7.84. The molecule has 3 rings (SSSR count). The molecule has 3 heteroatoms. The molecule has 0 aromatic rings. The van der Waals surface area contributed by atoms with Gasteiger partial charge >= 0.3 is 0 Å². The first-order chi connectivity index (χ1) is 8.83.